The number of rotatable bonds is 6. The molecule has 0 atom stereocenters. The van der Waals surface area contributed by atoms with Crippen LogP contribution in [-0.2, 0) is 4.74 Å². The molecule has 8 heteroatoms. The lowest BCUT2D eigenvalue weighted by atomic mass is 10.2. The summed E-state index contributed by atoms with van der Waals surface area (Å²) in [7, 11) is 0. The topological polar surface area (TPSA) is 55.4 Å². The first kappa shape index (κ1) is 17.8. The molecule has 21 heavy (non-hydrogen) atoms. The van der Waals surface area contributed by atoms with Gasteiger partial charge in [0.2, 0.25) is 0 Å². The summed E-state index contributed by atoms with van der Waals surface area (Å²) < 4.78 is 31.8. The Kier molecular flexibility index (Phi) is 7.52. The Hall–Kier alpha value is -1.28. The van der Waals surface area contributed by atoms with Gasteiger partial charge in [-0.25, -0.2) is 13.6 Å². The van der Waals surface area contributed by atoms with Crippen molar-refractivity contribution in [2.75, 3.05) is 24.0 Å². The van der Waals surface area contributed by atoms with Gasteiger partial charge in [-0.1, -0.05) is 6.07 Å². The van der Waals surface area contributed by atoms with E-state index < -0.39 is 29.2 Å². The molecule has 1 rings (SSSR count). The van der Waals surface area contributed by atoms with E-state index in [4.69, 9.17) is 4.74 Å². The van der Waals surface area contributed by atoms with Crippen molar-refractivity contribution in [3.05, 3.63) is 35.4 Å². The van der Waals surface area contributed by atoms with Crippen molar-refractivity contribution in [2.45, 2.75) is 6.10 Å². The molecule has 0 saturated carbocycles. The predicted octanol–water partition coefficient (Wildman–Crippen LogP) is 2.93. The number of hydrogen-bond donors (Lipinski definition) is 1. The molecule has 0 bridgehead atoms. The maximum absolute atomic E-state index is 13.4. The third-order valence-corrected chi connectivity index (χ3v) is 3.79. The quantitative estimate of drug-likeness (QED) is 0.866. The normalized spacial score (nSPS) is 10.5. The van der Waals surface area contributed by atoms with Crippen molar-refractivity contribution in [1.29, 1.82) is 0 Å². The molecule has 116 valence electrons. The average Bonchev–Trinajstić information content (AvgIpc) is 2.38. The van der Waals surface area contributed by atoms with Crippen LogP contribution in [-0.4, -0.2) is 42.1 Å². The predicted molar refractivity (Wildman–Crippen MR) is 80.9 cm³/mol. The van der Waals surface area contributed by atoms with Gasteiger partial charge in [-0.3, -0.25) is 10.1 Å². The van der Waals surface area contributed by atoms with Crippen LogP contribution in [0.3, 0.4) is 0 Å². The number of hydrogen-bond acceptors (Lipinski definition) is 5. The highest BCUT2D eigenvalue weighted by atomic mass is 32.2. The SMILES string of the molecule is CSCC(CSC)OC(=O)NC(=O)c1c(F)cccc1F. The lowest BCUT2D eigenvalue weighted by Crippen LogP contribution is -2.36. The molecule has 4 nitrogen and oxygen atoms in total. The number of benzene rings is 1. The van der Waals surface area contributed by atoms with Crippen molar-refractivity contribution >= 4 is 35.5 Å². The highest BCUT2D eigenvalue weighted by Gasteiger charge is 2.21. The van der Waals surface area contributed by atoms with Gasteiger partial charge in [-0.15, -0.1) is 0 Å². The summed E-state index contributed by atoms with van der Waals surface area (Å²) in [6.45, 7) is 0. The second-order valence-electron chi connectivity index (χ2n) is 3.99. The minimum Gasteiger partial charge on any atom is -0.444 e. The maximum Gasteiger partial charge on any atom is 0.414 e. The van der Waals surface area contributed by atoms with Gasteiger partial charge < -0.3 is 4.74 Å². The van der Waals surface area contributed by atoms with Crippen molar-refractivity contribution < 1.29 is 23.1 Å². The Morgan fingerprint density at radius 1 is 1.19 bits per heavy atom. The number of amides is 2. The number of alkyl carbamates (subject to hydrolysis) is 1. The van der Waals surface area contributed by atoms with Gasteiger partial charge in [0.05, 0.1) is 0 Å². The van der Waals surface area contributed by atoms with E-state index in [-0.39, 0.29) is 6.10 Å². The van der Waals surface area contributed by atoms with Crippen LogP contribution in [0.1, 0.15) is 10.4 Å². The Balaban J connectivity index is 2.67. The summed E-state index contributed by atoms with van der Waals surface area (Å²) in [4.78, 5) is 23.3. The molecule has 1 aromatic rings. The summed E-state index contributed by atoms with van der Waals surface area (Å²) in [5.74, 6) is -2.11. The van der Waals surface area contributed by atoms with E-state index in [1.54, 1.807) is 0 Å². The Morgan fingerprint density at radius 2 is 1.71 bits per heavy atom. The fourth-order valence-electron chi connectivity index (χ4n) is 1.54. The number of carbonyl (C=O) groups excluding carboxylic acids is 2. The van der Waals surface area contributed by atoms with E-state index in [1.165, 1.54) is 23.5 Å². The fourth-order valence-corrected chi connectivity index (χ4v) is 2.80. The van der Waals surface area contributed by atoms with Gasteiger partial charge in [0, 0.05) is 11.5 Å². The average molecular weight is 335 g/mol. The van der Waals surface area contributed by atoms with Crippen LogP contribution in [0.2, 0.25) is 0 Å². The van der Waals surface area contributed by atoms with E-state index in [2.05, 4.69) is 0 Å². The third-order valence-electron chi connectivity index (χ3n) is 2.38. The van der Waals surface area contributed by atoms with E-state index in [0.717, 1.165) is 18.2 Å². The first-order valence-electron chi connectivity index (χ1n) is 5.93. The molecule has 0 unspecified atom stereocenters. The largest absolute Gasteiger partial charge is 0.444 e. The molecule has 0 saturated heterocycles. The monoisotopic (exact) mass is 335 g/mol. The van der Waals surface area contributed by atoms with Crippen LogP contribution in [0.25, 0.3) is 0 Å². The van der Waals surface area contributed by atoms with Gasteiger partial charge in [0.15, 0.2) is 0 Å². The highest BCUT2D eigenvalue weighted by molar-refractivity contribution is 7.99. The molecule has 1 aromatic carbocycles. The molecule has 0 aliphatic rings. The first-order chi connectivity index (χ1) is 9.99. The standard InChI is InChI=1S/C13H15F2NO3S2/c1-20-6-8(7-21-2)19-13(18)16-12(17)11-9(14)4-3-5-10(11)15/h3-5,8H,6-7H2,1-2H3,(H,16,17,18). The van der Waals surface area contributed by atoms with Crippen LogP contribution < -0.4 is 5.32 Å². The number of carbonyl (C=O) groups is 2. The molecule has 0 radical (unpaired) electrons. The van der Waals surface area contributed by atoms with Crippen LogP contribution in [0.4, 0.5) is 13.6 Å². The summed E-state index contributed by atoms with van der Waals surface area (Å²) >= 11 is 2.98. The summed E-state index contributed by atoms with van der Waals surface area (Å²) in [5, 5.41) is 1.83. The van der Waals surface area contributed by atoms with E-state index >= 15 is 0 Å². The van der Waals surface area contributed by atoms with Gasteiger partial charge >= 0.3 is 6.09 Å². The van der Waals surface area contributed by atoms with Gasteiger partial charge in [0.1, 0.15) is 23.3 Å². The highest BCUT2D eigenvalue weighted by Crippen LogP contribution is 2.12. The van der Waals surface area contributed by atoms with Crippen LogP contribution in [0.15, 0.2) is 18.2 Å². The number of ether oxygens (including phenoxy) is 1. The van der Waals surface area contributed by atoms with Gasteiger partial charge in [-0.2, -0.15) is 23.5 Å². The number of imide groups is 1. The van der Waals surface area contributed by atoms with Crippen molar-refractivity contribution in [3.8, 4) is 0 Å². The zero-order chi connectivity index (χ0) is 15.8. The van der Waals surface area contributed by atoms with E-state index in [1.807, 2.05) is 17.8 Å². The lowest BCUT2D eigenvalue weighted by molar-refractivity contribution is 0.0877. The van der Waals surface area contributed by atoms with Gasteiger partial charge in [0.25, 0.3) is 5.91 Å². The molecule has 1 N–H and O–H groups in total. The Labute approximate surface area is 130 Å². The zero-order valence-corrected chi connectivity index (χ0v) is 13.2. The second-order valence-corrected chi connectivity index (χ2v) is 5.81. The van der Waals surface area contributed by atoms with Crippen molar-refractivity contribution in [3.63, 3.8) is 0 Å². The molecule has 2 amide bonds. The van der Waals surface area contributed by atoms with E-state index in [0.29, 0.717) is 11.5 Å². The van der Waals surface area contributed by atoms with Crippen molar-refractivity contribution in [1.82, 2.24) is 5.32 Å². The maximum atomic E-state index is 13.4. The van der Waals surface area contributed by atoms with E-state index in [9.17, 15) is 18.4 Å². The molecule has 0 aliphatic heterocycles. The first-order valence-corrected chi connectivity index (χ1v) is 8.72. The number of nitrogens with one attached hydrogen (secondary N) is 1. The zero-order valence-electron chi connectivity index (χ0n) is 11.5. The molecular weight excluding hydrogens is 320 g/mol. The molecule has 0 spiro atoms. The fraction of sp³-hybridized carbons (Fsp3) is 0.385. The minimum atomic E-state index is -1.16. The number of thioether (sulfide) groups is 2. The Bertz CT molecular complexity index is 488. The molecule has 0 aliphatic carbocycles. The summed E-state index contributed by atoms with van der Waals surface area (Å²) in [6.07, 6.45) is 2.31. The van der Waals surface area contributed by atoms with Crippen LogP contribution in [0.5, 0.6) is 0 Å². The smallest absolute Gasteiger partial charge is 0.414 e. The molecule has 0 heterocycles. The summed E-state index contributed by atoms with van der Waals surface area (Å²) in [6, 6.07) is 3.01. The third kappa shape index (κ3) is 5.55. The Morgan fingerprint density at radius 3 is 2.19 bits per heavy atom. The van der Waals surface area contributed by atoms with Gasteiger partial charge in [-0.05, 0) is 24.6 Å². The van der Waals surface area contributed by atoms with Crippen LogP contribution in [0, 0.1) is 11.6 Å². The van der Waals surface area contributed by atoms with Crippen LogP contribution >= 0.6 is 23.5 Å². The summed E-state index contributed by atoms with van der Waals surface area (Å²) in [5.41, 5.74) is -0.805. The molecule has 0 fully saturated rings. The molecule has 0 aromatic heterocycles. The number of halogens is 2. The lowest BCUT2D eigenvalue weighted by Gasteiger charge is -2.16. The molecular formula is C13H15F2NO3S2. The van der Waals surface area contributed by atoms with Crippen molar-refractivity contribution in [2.24, 2.45) is 0 Å². The minimum absolute atomic E-state index is 0.381. The second kappa shape index (κ2) is 8.89.